The molecule has 1 aromatic heterocycles. The van der Waals surface area contributed by atoms with Crippen molar-refractivity contribution in [2.45, 2.75) is 6.92 Å². The topological polar surface area (TPSA) is 54.7 Å². The Labute approximate surface area is 112 Å². The van der Waals surface area contributed by atoms with Gasteiger partial charge in [-0.3, -0.25) is 0 Å². The molecule has 3 N–H and O–H groups in total. The van der Waals surface area contributed by atoms with E-state index < -0.39 is 0 Å². The number of nitrogens with two attached hydrogens (primary N) is 1. The fourth-order valence-electron chi connectivity index (χ4n) is 2.16. The highest BCUT2D eigenvalue weighted by molar-refractivity contribution is 5.69. The summed E-state index contributed by atoms with van der Waals surface area (Å²) in [4.78, 5) is 8.01. The first kappa shape index (κ1) is 11.5. The van der Waals surface area contributed by atoms with Crippen molar-refractivity contribution in [3.8, 4) is 22.6 Å². The van der Waals surface area contributed by atoms with Crippen LogP contribution in [0.2, 0.25) is 0 Å². The summed E-state index contributed by atoms with van der Waals surface area (Å²) in [6, 6.07) is 17.9. The molecule has 2 aromatic carbocycles. The van der Waals surface area contributed by atoms with Gasteiger partial charge in [0.05, 0.1) is 5.69 Å². The lowest BCUT2D eigenvalue weighted by atomic mass is 10.1. The van der Waals surface area contributed by atoms with Gasteiger partial charge in [0, 0.05) is 22.5 Å². The zero-order valence-corrected chi connectivity index (χ0v) is 10.7. The molecule has 0 aliphatic carbocycles. The fourth-order valence-corrected chi connectivity index (χ4v) is 2.16. The largest absolute Gasteiger partial charge is 0.399 e. The summed E-state index contributed by atoms with van der Waals surface area (Å²) < 4.78 is 0. The number of anilines is 1. The van der Waals surface area contributed by atoms with Gasteiger partial charge in [0.15, 0.2) is 0 Å². The van der Waals surface area contributed by atoms with Crippen LogP contribution in [0, 0.1) is 6.92 Å². The minimum Gasteiger partial charge on any atom is -0.399 e. The SMILES string of the molecule is Cc1[nH]c(-c2ccccc2)nc1-c1cccc(N)c1. The highest BCUT2D eigenvalue weighted by Gasteiger charge is 2.10. The quantitative estimate of drug-likeness (QED) is 0.681. The van der Waals surface area contributed by atoms with Crippen molar-refractivity contribution >= 4 is 5.69 Å². The van der Waals surface area contributed by atoms with E-state index in [0.717, 1.165) is 34.0 Å². The van der Waals surface area contributed by atoms with Crippen molar-refractivity contribution in [2.75, 3.05) is 5.73 Å². The van der Waals surface area contributed by atoms with Gasteiger partial charge >= 0.3 is 0 Å². The molecule has 0 amide bonds. The van der Waals surface area contributed by atoms with Crippen LogP contribution in [0.15, 0.2) is 54.6 Å². The van der Waals surface area contributed by atoms with Gasteiger partial charge in [-0.25, -0.2) is 4.98 Å². The molecule has 0 aliphatic heterocycles. The Kier molecular flexibility index (Phi) is 2.80. The molecular formula is C16H15N3. The van der Waals surface area contributed by atoms with Crippen LogP contribution in [-0.2, 0) is 0 Å². The molecule has 0 radical (unpaired) electrons. The van der Waals surface area contributed by atoms with Gasteiger partial charge in [0.2, 0.25) is 0 Å². The van der Waals surface area contributed by atoms with E-state index >= 15 is 0 Å². The maximum absolute atomic E-state index is 5.83. The van der Waals surface area contributed by atoms with E-state index in [1.54, 1.807) is 0 Å². The molecule has 0 aliphatic rings. The second-order valence-electron chi connectivity index (χ2n) is 4.55. The van der Waals surface area contributed by atoms with Gasteiger partial charge in [-0.2, -0.15) is 0 Å². The number of aromatic nitrogens is 2. The molecule has 94 valence electrons. The van der Waals surface area contributed by atoms with Gasteiger partial charge in [0.25, 0.3) is 0 Å². The first-order valence-corrected chi connectivity index (χ1v) is 6.22. The lowest BCUT2D eigenvalue weighted by Crippen LogP contribution is -1.86. The van der Waals surface area contributed by atoms with Gasteiger partial charge in [-0.15, -0.1) is 0 Å². The van der Waals surface area contributed by atoms with Crippen LogP contribution < -0.4 is 5.73 Å². The molecule has 0 saturated carbocycles. The number of imidazole rings is 1. The van der Waals surface area contributed by atoms with E-state index in [4.69, 9.17) is 5.73 Å². The molecule has 3 rings (SSSR count). The number of aryl methyl sites for hydroxylation is 1. The monoisotopic (exact) mass is 249 g/mol. The molecule has 0 atom stereocenters. The molecule has 3 aromatic rings. The summed E-state index contributed by atoms with van der Waals surface area (Å²) in [5.41, 5.74) is 10.7. The fraction of sp³-hybridized carbons (Fsp3) is 0.0625. The summed E-state index contributed by atoms with van der Waals surface area (Å²) in [6.07, 6.45) is 0. The molecule has 0 unspecified atom stereocenters. The smallest absolute Gasteiger partial charge is 0.138 e. The van der Waals surface area contributed by atoms with Gasteiger partial charge in [-0.1, -0.05) is 42.5 Å². The molecular weight excluding hydrogens is 234 g/mol. The Bertz CT molecular complexity index is 699. The average Bonchev–Trinajstić information content (AvgIpc) is 2.82. The predicted molar refractivity (Wildman–Crippen MR) is 78.6 cm³/mol. The maximum Gasteiger partial charge on any atom is 0.138 e. The Hall–Kier alpha value is -2.55. The normalized spacial score (nSPS) is 10.6. The second-order valence-corrected chi connectivity index (χ2v) is 4.55. The number of hydrogen-bond acceptors (Lipinski definition) is 2. The Morgan fingerprint density at radius 1 is 0.947 bits per heavy atom. The molecule has 0 spiro atoms. The van der Waals surface area contributed by atoms with E-state index in [0.29, 0.717) is 0 Å². The number of nitrogen functional groups attached to an aromatic ring is 1. The van der Waals surface area contributed by atoms with Gasteiger partial charge in [0.1, 0.15) is 5.82 Å². The van der Waals surface area contributed by atoms with Crippen LogP contribution in [0.3, 0.4) is 0 Å². The highest BCUT2D eigenvalue weighted by atomic mass is 14.9. The van der Waals surface area contributed by atoms with E-state index in [2.05, 4.69) is 9.97 Å². The van der Waals surface area contributed by atoms with Gasteiger partial charge in [-0.05, 0) is 19.1 Å². The van der Waals surface area contributed by atoms with Crippen molar-refractivity contribution in [3.63, 3.8) is 0 Å². The number of H-pyrrole nitrogens is 1. The molecule has 0 bridgehead atoms. The number of rotatable bonds is 2. The zero-order valence-electron chi connectivity index (χ0n) is 10.7. The maximum atomic E-state index is 5.83. The van der Waals surface area contributed by atoms with Gasteiger partial charge < -0.3 is 10.7 Å². The van der Waals surface area contributed by atoms with Crippen molar-refractivity contribution in [1.82, 2.24) is 9.97 Å². The molecule has 1 heterocycles. The summed E-state index contributed by atoms with van der Waals surface area (Å²) in [5.74, 6) is 0.885. The predicted octanol–water partition coefficient (Wildman–Crippen LogP) is 3.63. The Morgan fingerprint density at radius 2 is 1.68 bits per heavy atom. The average molecular weight is 249 g/mol. The van der Waals surface area contributed by atoms with Crippen LogP contribution in [0.25, 0.3) is 22.6 Å². The first-order valence-electron chi connectivity index (χ1n) is 6.22. The lowest BCUT2D eigenvalue weighted by Gasteiger charge is -1.99. The van der Waals surface area contributed by atoms with Crippen molar-refractivity contribution < 1.29 is 0 Å². The third-order valence-corrected chi connectivity index (χ3v) is 3.09. The van der Waals surface area contributed by atoms with Crippen LogP contribution in [0.4, 0.5) is 5.69 Å². The number of nitrogens with one attached hydrogen (secondary N) is 1. The molecule has 3 heteroatoms. The third-order valence-electron chi connectivity index (χ3n) is 3.09. The zero-order chi connectivity index (χ0) is 13.2. The Morgan fingerprint density at radius 3 is 2.42 bits per heavy atom. The summed E-state index contributed by atoms with van der Waals surface area (Å²) >= 11 is 0. The highest BCUT2D eigenvalue weighted by Crippen LogP contribution is 2.26. The number of hydrogen-bond donors (Lipinski definition) is 2. The lowest BCUT2D eigenvalue weighted by molar-refractivity contribution is 1.26. The third kappa shape index (κ3) is 2.22. The summed E-state index contributed by atoms with van der Waals surface area (Å²) in [7, 11) is 0. The van der Waals surface area contributed by atoms with E-state index in [-0.39, 0.29) is 0 Å². The van der Waals surface area contributed by atoms with Crippen LogP contribution in [0.5, 0.6) is 0 Å². The second kappa shape index (κ2) is 4.61. The molecule has 0 fully saturated rings. The van der Waals surface area contributed by atoms with Crippen LogP contribution >= 0.6 is 0 Å². The molecule has 3 nitrogen and oxygen atoms in total. The Balaban J connectivity index is 2.08. The van der Waals surface area contributed by atoms with Crippen LogP contribution in [-0.4, -0.2) is 9.97 Å². The number of benzene rings is 2. The minimum atomic E-state index is 0.751. The van der Waals surface area contributed by atoms with E-state index in [1.165, 1.54) is 0 Å². The summed E-state index contributed by atoms with van der Waals surface area (Å²) in [5, 5.41) is 0. The standard InChI is InChI=1S/C16H15N3/c1-11-15(13-8-5-9-14(17)10-13)19-16(18-11)12-6-3-2-4-7-12/h2-10H,17H2,1H3,(H,18,19). The van der Waals surface area contributed by atoms with E-state index in [9.17, 15) is 0 Å². The molecule has 19 heavy (non-hydrogen) atoms. The summed E-state index contributed by atoms with van der Waals surface area (Å²) in [6.45, 7) is 2.03. The van der Waals surface area contributed by atoms with Crippen LogP contribution in [0.1, 0.15) is 5.69 Å². The number of aromatic amines is 1. The number of nitrogens with zero attached hydrogens (tertiary/aromatic N) is 1. The van der Waals surface area contributed by atoms with Crippen molar-refractivity contribution in [3.05, 3.63) is 60.3 Å². The molecule has 0 saturated heterocycles. The van der Waals surface area contributed by atoms with E-state index in [1.807, 2.05) is 61.5 Å². The first-order chi connectivity index (χ1) is 9.24. The van der Waals surface area contributed by atoms with Crippen molar-refractivity contribution in [2.24, 2.45) is 0 Å². The minimum absolute atomic E-state index is 0.751. The van der Waals surface area contributed by atoms with Crippen molar-refractivity contribution in [1.29, 1.82) is 0 Å².